The van der Waals surface area contributed by atoms with Crippen molar-refractivity contribution in [3.8, 4) is 0 Å². The highest BCUT2D eigenvalue weighted by atomic mass is 16.5. The van der Waals surface area contributed by atoms with Gasteiger partial charge >= 0.3 is 0 Å². The highest BCUT2D eigenvalue weighted by molar-refractivity contribution is 6.00. The molecule has 5 heterocycles. The molecule has 3 aromatic rings. The lowest BCUT2D eigenvalue weighted by Crippen LogP contribution is -2.58. The number of aromatic nitrogens is 3. The Bertz CT molecular complexity index is 1670. The number of aliphatic hydroxyl groups is 1. The second-order valence-electron chi connectivity index (χ2n) is 12.3. The molecular weight excluding hydrogens is 560 g/mol. The second kappa shape index (κ2) is 10.7. The van der Waals surface area contributed by atoms with Crippen molar-refractivity contribution >= 4 is 28.8 Å². The van der Waals surface area contributed by atoms with Crippen molar-refractivity contribution in [1.82, 2.24) is 29.7 Å². The fourth-order valence-corrected chi connectivity index (χ4v) is 7.62. The highest BCUT2D eigenvalue weighted by Crippen LogP contribution is 2.58. The SMILES string of the molecule is CC[C@@H](CO)N1C(=O)[C@@H]2[C@H]3C(=O)N(Cc4ccccc4)CC=C[C@@]3(C)O[C@@]23C=CCN(Cn2nnc4ccccc42)C(=O)C13. The summed E-state index contributed by atoms with van der Waals surface area (Å²) in [6.45, 7) is 4.53. The van der Waals surface area contributed by atoms with Gasteiger partial charge in [-0.1, -0.05) is 78.9 Å². The van der Waals surface area contributed by atoms with E-state index in [1.807, 2.05) is 92.7 Å². The van der Waals surface area contributed by atoms with E-state index in [4.69, 9.17) is 4.74 Å². The summed E-state index contributed by atoms with van der Waals surface area (Å²) < 4.78 is 8.58. The van der Waals surface area contributed by atoms with Crippen LogP contribution in [-0.4, -0.2) is 95.5 Å². The van der Waals surface area contributed by atoms with E-state index in [2.05, 4.69) is 10.3 Å². The molecule has 4 aliphatic heterocycles. The Morgan fingerprint density at radius 1 is 0.932 bits per heavy atom. The number of fused-ring (bicyclic) bond motifs is 3. The first-order valence-electron chi connectivity index (χ1n) is 15.2. The van der Waals surface area contributed by atoms with E-state index in [1.165, 1.54) is 4.90 Å². The largest absolute Gasteiger partial charge is 0.394 e. The van der Waals surface area contributed by atoms with Gasteiger partial charge < -0.3 is 24.5 Å². The van der Waals surface area contributed by atoms with Crippen LogP contribution in [0.3, 0.4) is 0 Å². The van der Waals surface area contributed by atoms with E-state index >= 15 is 0 Å². The third kappa shape index (κ3) is 4.21. The van der Waals surface area contributed by atoms with Crippen molar-refractivity contribution in [2.24, 2.45) is 11.8 Å². The van der Waals surface area contributed by atoms with Crippen molar-refractivity contribution in [1.29, 1.82) is 0 Å². The lowest BCUT2D eigenvalue weighted by Gasteiger charge is -2.39. The van der Waals surface area contributed by atoms with E-state index in [9.17, 15) is 19.5 Å². The molecule has 2 saturated heterocycles. The van der Waals surface area contributed by atoms with Crippen LogP contribution in [0.15, 0.2) is 78.9 Å². The first-order valence-corrected chi connectivity index (χ1v) is 15.2. The lowest BCUT2D eigenvalue weighted by atomic mass is 9.74. The van der Waals surface area contributed by atoms with Crippen molar-refractivity contribution in [3.63, 3.8) is 0 Å². The van der Waals surface area contributed by atoms with E-state index in [0.29, 0.717) is 25.0 Å². The minimum Gasteiger partial charge on any atom is -0.394 e. The molecule has 44 heavy (non-hydrogen) atoms. The molecule has 4 aliphatic rings. The molecule has 1 N–H and O–H groups in total. The van der Waals surface area contributed by atoms with E-state index < -0.39 is 35.1 Å². The van der Waals surface area contributed by atoms with Gasteiger partial charge in [0.15, 0.2) is 0 Å². The van der Waals surface area contributed by atoms with Gasteiger partial charge in [-0.3, -0.25) is 14.4 Å². The van der Waals surface area contributed by atoms with Crippen LogP contribution >= 0.6 is 0 Å². The minimum absolute atomic E-state index is 0.114. The average Bonchev–Trinajstić information content (AvgIpc) is 3.56. The second-order valence-corrected chi connectivity index (χ2v) is 12.3. The molecule has 1 unspecified atom stereocenters. The van der Waals surface area contributed by atoms with Crippen molar-refractivity contribution < 1.29 is 24.2 Å². The Kier molecular flexibility index (Phi) is 6.89. The standard InChI is InChI=1S/C33H36N6O5/c1-3-23(20-40)39-28-31(43)37(21-38-25-14-8-7-13-24(25)34-35-38)18-10-16-33(28)27(30(39)42)26-29(41)36(17-9-15-32(26,2)44-33)19-22-11-5-4-6-12-22/h4-16,23,26-28,40H,3,17-21H2,1-2H3/t23-,26-,27-,28?,32+,33-/m0/s1. The minimum atomic E-state index is -1.40. The third-order valence-electron chi connectivity index (χ3n) is 9.68. The quantitative estimate of drug-likeness (QED) is 0.415. The molecule has 7 rings (SSSR count). The molecule has 11 heteroatoms. The fourth-order valence-electron chi connectivity index (χ4n) is 7.62. The van der Waals surface area contributed by atoms with Gasteiger partial charge in [0.05, 0.1) is 35.6 Å². The van der Waals surface area contributed by atoms with Crippen LogP contribution in [0.2, 0.25) is 0 Å². The van der Waals surface area contributed by atoms with E-state index in [1.54, 1.807) is 14.5 Å². The maximum Gasteiger partial charge on any atom is 0.250 e. The number of aliphatic hydroxyl groups excluding tert-OH is 1. The van der Waals surface area contributed by atoms with Crippen LogP contribution < -0.4 is 0 Å². The fraction of sp³-hybridized carbons (Fsp3) is 0.424. The average molecular weight is 597 g/mol. The van der Waals surface area contributed by atoms with Gasteiger partial charge in [-0.25, -0.2) is 4.68 Å². The molecule has 0 bridgehead atoms. The number of ether oxygens (including phenoxy) is 1. The number of hydrogen-bond donors (Lipinski definition) is 1. The van der Waals surface area contributed by atoms with Crippen LogP contribution in [0.5, 0.6) is 0 Å². The number of nitrogens with zero attached hydrogens (tertiary/aromatic N) is 6. The van der Waals surface area contributed by atoms with Crippen LogP contribution in [0.25, 0.3) is 11.0 Å². The van der Waals surface area contributed by atoms with E-state index in [0.717, 1.165) is 11.1 Å². The molecular formula is C33H36N6O5. The van der Waals surface area contributed by atoms with Crippen LogP contribution in [0.4, 0.5) is 0 Å². The molecule has 0 saturated carbocycles. The molecule has 3 amide bonds. The van der Waals surface area contributed by atoms with Gasteiger partial charge in [-0.2, -0.15) is 0 Å². The number of amides is 3. The van der Waals surface area contributed by atoms with Gasteiger partial charge in [0.2, 0.25) is 11.8 Å². The summed E-state index contributed by atoms with van der Waals surface area (Å²) >= 11 is 0. The summed E-state index contributed by atoms with van der Waals surface area (Å²) in [7, 11) is 0. The molecule has 0 aliphatic carbocycles. The monoisotopic (exact) mass is 596 g/mol. The molecule has 1 aromatic heterocycles. The molecule has 2 fully saturated rings. The maximum atomic E-state index is 14.6. The predicted molar refractivity (Wildman–Crippen MR) is 160 cm³/mol. The zero-order valence-electron chi connectivity index (χ0n) is 24.8. The Morgan fingerprint density at radius 3 is 2.43 bits per heavy atom. The first kappa shape index (κ1) is 28.4. The number of hydrogen-bond acceptors (Lipinski definition) is 7. The van der Waals surface area contributed by atoms with Crippen LogP contribution in [0.1, 0.15) is 25.8 Å². The molecule has 1 spiro atoms. The number of benzene rings is 2. The zero-order valence-corrected chi connectivity index (χ0v) is 24.8. The normalized spacial score (nSPS) is 30.4. The Morgan fingerprint density at radius 2 is 1.66 bits per heavy atom. The van der Waals surface area contributed by atoms with Crippen molar-refractivity contribution in [3.05, 3.63) is 84.5 Å². The molecule has 6 atom stereocenters. The van der Waals surface area contributed by atoms with E-state index in [-0.39, 0.29) is 37.5 Å². The maximum absolute atomic E-state index is 14.6. The predicted octanol–water partition coefficient (Wildman–Crippen LogP) is 2.13. The number of carbonyl (C=O) groups excluding carboxylic acids is 3. The smallest absolute Gasteiger partial charge is 0.250 e. The number of likely N-dealkylation sites (tertiary alicyclic amines) is 1. The summed E-state index contributed by atoms with van der Waals surface area (Å²) in [5.41, 5.74) is -0.0381. The summed E-state index contributed by atoms with van der Waals surface area (Å²) in [6, 6.07) is 15.6. The third-order valence-corrected chi connectivity index (χ3v) is 9.68. The number of carbonyl (C=O) groups is 3. The van der Waals surface area contributed by atoms with Crippen molar-refractivity contribution in [2.75, 3.05) is 19.7 Å². The van der Waals surface area contributed by atoms with Crippen LogP contribution in [0, 0.1) is 11.8 Å². The molecule has 0 radical (unpaired) electrons. The highest BCUT2D eigenvalue weighted by Gasteiger charge is 2.75. The number of para-hydroxylation sites is 1. The summed E-state index contributed by atoms with van der Waals surface area (Å²) in [4.78, 5) is 48.5. The van der Waals surface area contributed by atoms with Gasteiger partial charge in [0, 0.05) is 19.6 Å². The zero-order chi connectivity index (χ0) is 30.6. The topological polar surface area (TPSA) is 121 Å². The number of rotatable bonds is 7. The molecule has 11 nitrogen and oxygen atoms in total. The van der Waals surface area contributed by atoms with Gasteiger partial charge in [0.25, 0.3) is 5.91 Å². The Hall–Kier alpha value is -4.35. The van der Waals surface area contributed by atoms with Crippen LogP contribution in [-0.2, 0) is 32.3 Å². The Labute approximate surface area is 255 Å². The summed E-state index contributed by atoms with van der Waals surface area (Å²) in [6.07, 6.45) is 7.91. The van der Waals surface area contributed by atoms with Gasteiger partial charge in [-0.05, 0) is 31.0 Å². The molecule has 2 aromatic carbocycles. The van der Waals surface area contributed by atoms with Gasteiger partial charge in [0.1, 0.15) is 23.8 Å². The first-order chi connectivity index (χ1) is 21.3. The molecule has 228 valence electrons. The lowest BCUT2D eigenvalue weighted by molar-refractivity contribution is -0.156. The van der Waals surface area contributed by atoms with Crippen molar-refractivity contribution in [2.45, 2.75) is 56.8 Å². The van der Waals surface area contributed by atoms with Gasteiger partial charge in [-0.15, -0.1) is 5.10 Å². The summed E-state index contributed by atoms with van der Waals surface area (Å²) in [5.74, 6) is -2.66. The summed E-state index contributed by atoms with van der Waals surface area (Å²) in [5, 5.41) is 18.9. The Balaban J connectivity index is 1.29.